The highest BCUT2D eigenvalue weighted by molar-refractivity contribution is 5.69. The fraction of sp³-hybridized carbons (Fsp3) is 0.250. The van der Waals surface area contributed by atoms with E-state index in [-0.39, 0.29) is 24.8 Å². The number of carbonyl (C=O) groups excluding carboxylic acids is 1. The minimum Gasteiger partial charge on any atom is -0.445 e. The number of hydrogen-bond donors (Lipinski definition) is 0. The van der Waals surface area contributed by atoms with Crippen molar-refractivity contribution in [3.8, 4) is 0 Å². The van der Waals surface area contributed by atoms with Crippen LogP contribution < -0.4 is 0 Å². The fourth-order valence-electron chi connectivity index (χ4n) is 3.95. The monoisotopic (exact) mass is 372 g/mol. The van der Waals surface area contributed by atoms with Gasteiger partial charge in [-0.1, -0.05) is 66.7 Å². The summed E-state index contributed by atoms with van der Waals surface area (Å²) in [5.74, 6) is 0. The molecule has 2 aromatic carbocycles. The van der Waals surface area contributed by atoms with Crippen LogP contribution in [0.4, 0.5) is 4.79 Å². The topological polar surface area (TPSA) is 42.4 Å². The third-order valence-electron chi connectivity index (χ3n) is 5.30. The third kappa shape index (κ3) is 4.22. The standard InChI is InChI=1S/C24H24N2O2/c27-24(28-18-19-8-3-1-4-9-19)26-22(16-20-10-7-15-25-17-20)13-14-23(26)21-11-5-2-6-12-21/h1-12,15,17,22-23H,13-14,16,18H2/t22-,23+/m1/s1. The Bertz CT molecular complexity index is 884. The van der Waals surface area contributed by atoms with E-state index in [1.54, 1.807) is 6.20 Å². The molecule has 28 heavy (non-hydrogen) atoms. The highest BCUT2D eigenvalue weighted by Crippen LogP contribution is 2.38. The van der Waals surface area contributed by atoms with Crippen molar-refractivity contribution < 1.29 is 9.53 Å². The van der Waals surface area contributed by atoms with Crippen molar-refractivity contribution in [2.24, 2.45) is 0 Å². The van der Waals surface area contributed by atoms with E-state index in [0.29, 0.717) is 0 Å². The zero-order valence-corrected chi connectivity index (χ0v) is 15.8. The van der Waals surface area contributed by atoms with Crippen molar-refractivity contribution in [2.45, 2.75) is 38.0 Å². The van der Waals surface area contributed by atoms with E-state index in [1.165, 1.54) is 0 Å². The molecule has 1 aromatic heterocycles. The maximum atomic E-state index is 13.1. The second kappa shape index (κ2) is 8.70. The Morgan fingerprint density at radius 1 is 0.929 bits per heavy atom. The Balaban J connectivity index is 1.53. The van der Waals surface area contributed by atoms with Crippen LogP contribution in [0, 0.1) is 0 Å². The molecule has 0 bridgehead atoms. The Morgan fingerprint density at radius 3 is 2.36 bits per heavy atom. The molecule has 3 aromatic rings. The molecule has 0 N–H and O–H groups in total. The zero-order valence-electron chi connectivity index (χ0n) is 15.8. The molecule has 2 atom stereocenters. The van der Waals surface area contributed by atoms with Gasteiger partial charge in [-0.3, -0.25) is 9.88 Å². The van der Waals surface area contributed by atoms with Gasteiger partial charge in [0.2, 0.25) is 0 Å². The van der Waals surface area contributed by atoms with Crippen molar-refractivity contribution in [3.63, 3.8) is 0 Å². The Labute approximate surface area is 165 Å². The van der Waals surface area contributed by atoms with Gasteiger partial charge in [0.1, 0.15) is 6.61 Å². The maximum Gasteiger partial charge on any atom is 0.410 e. The van der Waals surface area contributed by atoms with Crippen LogP contribution in [0.5, 0.6) is 0 Å². The van der Waals surface area contributed by atoms with Gasteiger partial charge in [-0.15, -0.1) is 0 Å². The number of rotatable bonds is 5. The van der Waals surface area contributed by atoms with Crippen molar-refractivity contribution >= 4 is 6.09 Å². The smallest absolute Gasteiger partial charge is 0.410 e. The average Bonchev–Trinajstić information content (AvgIpc) is 3.18. The number of nitrogens with zero attached hydrogens (tertiary/aromatic N) is 2. The Kier molecular flexibility index (Phi) is 5.66. The summed E-state index contributed by atoms with van der Waals surface area (Å²) in [4.78, 5) is 19.2. The van der Waals surface area contributed by atoms with E-state index >= 15 is 0 Å². The van der Waals surface area contributed by atoms with E-state index in [2.05, 4.69) is 23.2 Å². The molecule has 142 valence electrons. The molecule has 1 amide bonds. The first-order chi connectivity index (χ1) is 13.8. The van der Waals surface area contributed by atoms with Crippen LogP contribution in [0.15, 0.2) is 85.2 Å². The summed E-state index contributed by atoms with van der Waals surface area (Å²) in [6, 6.07) is 24.2. The second-order valence-electron chi connectivity index (χ2n) is 7.17. The molecule has 0 aliphatic carbocycles. The van der Waals surface area contributed by atoms with Crippen molar-refractivity contribution in [1.82, 2.24) is 9.88 Å². The largest absolute Gasteiger partial charge is 0.445 e. The predicted molar refractivity (Wildman–Crippen MR) is 109 cm³/mol. The summed E-state index contributed by atoms with van der Waals surface area (Å²) < 4.78 is 5.70. The molecular weight excluding hydrogens is 348 g/mol. The number of amides is 1. The van der Waals surface area contributed by atoms with Crippen molar-refractivity contribution in [2.75, 3.05) is 0 Å². The molecule has 4 nitrogen and oxygen atoms in total. The first-order valence-electron chi connectivity index (χ1n) is 9.74. The molecule has 2 heterocycles. The van der Waals surface area contributed by atoms with Crippen LogP contribution in [0.1, 0.15) is 35.6 Å². The van der Waals surface area contributed by atoms with E-state index < -0.39 is 0 Å². The number of hydrogen-bond acceptors (Lipinski definition) is 3. The minimum atomic E-state index is -0.246. The van der Waals surface area contributed by atoms with Gasteiger partial charge in [-0.25, -0.2) is 4.79 Å². The zero-order chi connectivity index (χ0) is 19.2. The maximum absolute atomic E-state index is 13.1. The molecule has 0 spiro atoms. The molecule has 0 unspecified atom stereocenters. The number of ether oxygens (including phenoxy) is 1. The van der Waals surface area contributed by atoms with Gasteiger partial charge in [-0.2, -0.15) is 0 Å². The highest BCUT2D eigenvalue weighted by Gasteiger charge is 2.38. The van der Waals surface area contributed by atoms with Crippen LogP contribution in [-0.4, -0.2) is 22.0 Å². The van der Waals surface area contributed by atoms with Crippen LogP contribution in [0.25, 0.3) is 0 Å². The molecule has 1 aliphatic heterocycles. The highest BCUT2D eigenvalue weighted by atomic mass is 16.6. The number of carbonyl (C=O) groups is 1. The number of aromatic nitrogens is 1. The summed E-state index contributed by atoms with van der Waals surface area (Å²) in [6.45, 7) is 0.289. The first-order valence-corrected chi connectivity index (χ1v) is 9.74. The van der Waals surface area contributed by atoms with Crippen LogP contribution >= 0.6 is 0 Å². The van der Waals surface area contributed by atoms with Gasteiger partial charge >= 0.3 is 6.09 Å². The van der Waals surface area contributed by atoms with Crippen molar-refractivity contribution in [3.05, 3.63) is 102 Å². The van der Waals surface area contributed by atoms with Gasteiger partial charge in [0.05, 0.1) is 6.04 Å². The lowest BCUT2D eigenvalue weighted by molar-refractivity contribution is 0.0779. The molecule has 1 fully saturated rings. The van der Waals surface area contributed by atoms with Gasteiger partial charge < -0.3 is 4.74 Å². The summed E-state index contributed by atoms with van der Waals surface area (Å²) in [7, 11) is 0. The molecule has 1 aliphatic rings. The molecular formula is C24H24N2O2. The molecule has 0 radical (unpaired) electrons. The first kappa shape index (κ1) is 18.2. The Morgan fingerprint density at radius 2 is 1.64 bits per heavy atom. The number of pyridine rings is 1. The van der Waals surface area contributed by atoms with E-state index in [0.717, 1.165) is 36.0 Å². The van der Waals surface area contributed by atoms with Gasteiger partial charge in [0.25, 0.3) is 0 Å². The van der Waals surface area contributed by atoms with Crippen LogP contribution in [-0.2, 0) is 17.8 Å². The second-order valence-corrected chi connectivity index (χ2v) is 7.17. The van der Waals surface area contributed by atoms with E-state index in [9.17, 15) is 4.79 Å². The van der Waals surface area contributed by atoms with Crippen molar-refractivity contribution in [1.29, 1.82) is 0 Å². The lowest BCUT2D eigenvalue weighted by atomic mass is 10.0. The number of likely N-dealkylation sites (tertiary alicyclic amines) is 1. The quantitative estimate of drug-likeness (QED) is 0.621. The van der Waals surface area contributed by atoms with E-state index in [1.807, 2.05) is 65.7 Å². The van der Waals surface area contributed by atoms with Gasteiger partial charge in [0.15, 0.2) is 0 Å². The minimum absolute atomic E-state index is 0.0474. The number of benzene rings is 2. The van der Waals surface area contributed by atoms with Gasteiger partial charge in [-0.05, 0) is 42.0 Å². The fourth-order valence-corrected chi connectivity index (χ4v) is 3.95. The lowest BCUT2D eigenvalue weighted by Crippen LogP contribution is -2.39. The summed E-state index contributed by atoms with van der Waals surface area (Å²) in [6.07, 6.45) is 6.09. The predicted octanol–water partition coefficient (Wildman–Crippen LogP) is 5.17. The van der Waals surface area contributed by atoms with Crippen LogP contribution in [0.3, 0.4) is 0 Å². The van der Waals surface area contributed by atoms with E-state index in [4.69, 9.17) is 4.74 Å². The summed E-state index contributed by atoms with van der Waals surface area (Å²) in [5, 5.41) is 0. The summed E-state index contributed by atoms with van der Waals surface area (Å²) in [5.41, 5.74) is 3.30. The normalized spacial score (nSPS) is 18.8. The Hall–Kier alpha value is -3.14. The lowest BCUT2D eigenvalue weighted by Gasteiger charge is -2.30. The van der Waals surface area contributed by atoms with Gasteiger partial charge in [0, 0.05) is 18.4 Å². The third-order valence-corrected chi connectivity index (χ3v) is 5.30. The molecule has 0 saturated carbocycles. The van der Waals surface area contributed by atoms with Crippen LogP contribution in [0.2, 0.25) is 0 Å². The molecule has 4 heteroatoms. The SMILES string of the molecule is O=C(OCc1ccccc1)N1[C@@H](Cc2cccnc2)CC[C@H]1c1ccccc1. The molecule has 4 rings (SSSR count). The molecule has 1 saturated heterocycles. The summed E-state index contributed by atoms with van der Waals surface area (Å²) >= 11 is 0. The average molecular weight is 372 g/mol.